The maximum absolute atomic E-state index is 6.22. The van der Waals surface area contributed by atoms with Crippen LogP contribution >= 0.6 is 11.6 Å². The van der Waals surface area contributed by atoms with E-state index in [0.717, 1.165) is 27.9 Å². The van der Waals surface area contributed by atoms with Gasteiger partial charge in [-0.1, -0.05) is 54.1 Å². The Balaban J connectivity index is 2.31. The number of aryl methyl sites for hydroxylation is 1. The van der Waals surface area contributed by atoms with E-state index in [9.17, 15) is 0 Å². The number of hydrogen-bond acceptors (Lipinski definition) is 2. The third-order valence-electron chi connectivity index (χ3n) is 2.90. The van der Waals surface area contributed by atoms with E-state index in [-0.39, 0.29) is 0 Å². The number of benzene rings is 2. The fraction of sp³-hybridized carbons (Fsp3) is 0.0667. The van der Waals surface area contributed by atoms with E-state index in [1.54, 1.807) is 0 Å². The Morgan fingerprint density at radius 1 is 0.889 bits per heavy atom. The number of rotatable bonds is 1. The molecule has 0 radical (unpaired) electrons. The van der Waals surface area contributed by atoms with Crippen LogP contribution in [0.2, 0.25) is 5.15 Å². The summed E-state index contributed by atoms with van der Waals surface area (Å²) in [5.41, 5.74) is 4.56. The summed E-state index contributed by atoms with van der Waals surface area (Å²) in [4.78, 5) is 9.07. The largest absolute Gasteiger partial charge is 0.243 e. The first-order valence-electron chi connectivity index (χ1n) is 5.74. The number of aromatic nitrogens is 2. The second kappa shape index (κ2) is 4.39. The van der Waals surface area contributed by atoms with Crippen molar-refractivity contribution in [2.45, 2.75) is 6.92 Å². The molecule has 3 heteroatoms. The van der Waals surface area contributed by atoms with Crippen molar-refractivity contribution in [2.75, 3.05) is 0 Å². The topological polar surface area (TPSA) is 25.8 Å². The lowest BCUT2D eigenvalue weighted by atomic mass is 10.1. The summed E-state index contributed by atoms with van der Waals surface area (Å²) in [5.74, 6) is 0. The quantitative estimate of drug-likeness (QED) is 0.648. The molecule has 2 aromatic carbocycles. The summed E-state index contributed by atoms with van der Waals surface area (Å²) >= 11 is 6.22. The van der Waals surface area contributed by atoms with Crippen LogP contribution in [0.5, 0.6) is 0 Å². The monoisotopic (exact) mass is 254 g/mol. The first-order valence-corrected chi connectivity index (χ1v) is 6.12. The number of halogens is 1. The molecular weight excluding hydrogens is 244 g/mol. The van der Waals surface area contributed by atoms with Crippen molar-refractivity contribution in [1.29, 1.82) is 0 Å². The third-order valence-corrected chi connectivity index (χ3v) is 3.16. The molecule has 3 rings (SSSR count). The van der Waals surface area contributed by atoms with Crippen molar-refractivity contribution in [3.63, 3.8) is 0 Å². The number of nitrogens with zero attached hydrogens (tertiary/aromatic N) is 2. The Morgan fingerprint density at radius 3 is 2.44 bits per heavy atom. The molecule has 0 aliphatic heterocycles. The standard InChI is InChI=1S/C15H11ClN2/c1-10-6-5-9-12-13(10)18-14(15(16)17-12)11-7-3-2-4-8-11/h2-9H,1H3. The Kier molecular flexibility index (Phi) is 2.73. The molecule has 0 aliphatic carbocycles. The van der Waals surface area contributed by atoms with Gasteiger partial charge in [0.2, 0.25) is 0 Å². The Morgan fingerprint density at radius 2 is 1.67 bits per heavy atom. The second-order valence-corrected chi connectivity index (χ2v) is 4.53. The molecule has 0 unspecified atom stereocenters. The minimum atomic E-state index is 0.444. The van der Waals surface area contributed by atoms with Gasteiger partial charge in [-0.3, -0.25) is 0 Å². The fourth-order valence-corrected chi connectivity index (χ4v) is 2.22. The zero-order chi connectivity index (χ0) is 12.5. The SMILES string of the molecule is Cc1cccc2nc(Cl)c(-c3ccccc3)nc12. The van der Waals surface area contributed by atoms with Crippen molar-refractivity contribution < 1.29 is 0 Å². The van der Waals surface area contributed by atoms with Crippen molar-refractivity contribution in [3.05, 3.63) is 59.2 Å². The minimum absolute atomic E-state index is 0.444. The van der Waals surface area contributed by atoms with Crippen LogP contribution < -0.4 is 0 Å². The zero-order valence-corrected chi connectivity index (χ0v) is 10.6. The van der Waals surface area contributed by atoms with E-state index in [0.29, 0.717) is 5.15 Å². The molecule has 0 N–H and O–H groups in total. The van der Waals surface area contributed by atoms with Gasteiger partial charge in [-0.05, 0) is 18.6 Å². The average Bonchev–Trinajstić information content (AvgIpc) is 2.39. The Hall–Kier alpha value is -1.93. The first-order chi connectivity index (χ1) is 8.75. The molecule has 3 aromatic rings. The van der Waals surface area contributed by atoms with Crippen LogP contribution in [0.25, 0.3) is 22.3 Å². The van der Waals surface area contributed by atoms with E-state index in [2.05, 4.69) is 9.97 Å². The summed E-state index contributed by atoms with van der Waals surface area (Å²) in [6, 6.07) is 15.8. The lowest BCUT2D eigenvalue weighted by Crippen LogP contribution is -1.92. The van der Waals surface area contributed by atoms with Gasteiger partial charge in [-0.25, -0.2) is 9.97 Å². The van der Waals surface area contributed by atoms with E-state index >= 15 is 0 Å². The molecule has 0 fully saturated rings. The van der Waals surface area contributed by atoms with Crippen molar-refractivity contribution >= 4 is 22.6 Å². The van der Waals surface area contributed by atoms with Gasteiger partial charge in [-0.15, -0.1) is 0 Å². The highest BCUT2D eigenvalue weighted by Crippen LogP contribution is 2.27. The summed E-state index contributed by atoms with van der Waals surface area (Å²) in [6.07, 6.45) is 0. The summed E-state index contributed by atoms with van der Waals surface area (Å²) in [5, 5.41) is 0.444. The fourth-order valence-electron chi connectivity index (χ4n) is 1.98. The lowest BCUT2D eigenvalue weighted by Gasteiger charge is -2.06. The molecule has 2 nitrogen and oxygen atoms in total. The molecule has 18 heavy (non-hydrogen) atoms. The highest BCUT2D eigenvalue weighted by atomic mass is 35.5. The van der Waals surface area contributed by atoms with Crippen molar-refractivity contribution in [2.24, 2.45) is 0 Å². The maximum Gasteiger partial charge on any atom is 0.156 e. The van der Waals surface area contributed by atoms with Gasteiger partial charge in [-0.2, -0.15) is 0 Å². The average molecular weight is 255 g/mol. The van der Waals surface area contributed by atoms with Crippen LogP contribution in [-0.4, -0.2) is 9.97 Å². The van der Waals surface area contributed by atoms with Gasteiger partial charge in [0.25, 0.3) is 0 Å². The molecular formula is C15H11ClN2. The molecule has 0 saturated heterocycles. The van der Waals surface area contributed by atoms with Gasteiger partial charge in [0, 0.05) is 5.56 Å². The molecule has 1 heterocycles. The van der Waals surface area contributed by atoms with E-state index in [1.165, 1.54) is 0 Å². The summed E-state index contributed by atoms with van der Waals surface area (Å²) in [7, 11) is 0. The third kappa shape index (κ3) is 1.85. The molecule has 1 aromatic heterocycles. The van der Waals surface area contributed by atoms with Crippen LogP contribution in [0, 0.1) is 6.92 Å². The molecule has 0 amide bonds. The Bertz CT molecular complexity index is 708. The van der Waals surface area contributed by atoms with Gasteiger partial charge in [0.05, 0.1) is 11.0 Å². The van der Waals surface area contributed by atoms with Gasteiger partial charge < -0.3 is 0 Å². The van der Waals surface area contributed by atoms with Crippen molar-refractivity contribution in [1.82, 2.24) is 9.97 Å². The van der Waals surface area contributed by atoms with E-state index in [1.807, 2.05) is 55.5 Å². The van der Waals surface area contributed by atoms with Crippen LogP contribution in [-0.2, 0) is 0 Å². The number of fused-ring (bicyclic) bond motifs is 1. The smallest absolute Gasteiger partial charge is 0.156 e. The lowest BCUT2D eigenvalue weighted by molar-refractivity contribution is 1.27. The molecule has 0 atom stereocenters. The minimum Gasteiger partial charge on any atom is -0.243 e. The maximum atomic E-state index is 6.22. The van der Waals surface area contributed by atoms with Crippen molar-refractivity contribution in [3.8, 4) is 11.3 Å². The Labute approximate surface area is 110 Å². The van der Waals surface area contributed by atoms with E-state index in [4.69, 9.17) is 11.6 Å². The van der Waals surface area contributed by atoms with Gasteiger partial charge >= 0.3 is 0 Å². The highest BCUT2D eigenvalue weighted by molar-refractivity contribution is 6.32. The van der Waals surface area contributed by atoms with Crippen LogP contribution in [0.15, 0.2) is 48.5 Å². The first kappa shape index (κ1) is 11.2. The number of hydrogen-bond donors (Lipinski definition) is 0. The normalized spacial score (nSPS) is 10.8. The molecule has 0 saturated carbocycles. The predicted molar refractivity (Wildman–Crippen MR) is 74.7 cm³/mol. The van der Waals surface area contributed by atoms with E-state index < -0.39 is 0 Å². The summed E-state index contributed by atoms with van der Waals surface area (Å²) in [6.45, 7) is 2.03. The van der Waals surface area contributed by atoms with Crippen LogP contribution in [0.4, 0.5) is 0 Å². The summed E-state index contributed by atoms with van der Waals surface area (Å²) < 4.78 is 0. The molecule has 0 bridgehead atoms. The van der Waals surface area contributed by atoms with Crippen LogP contribution in [0.1, 0.15) is 5.56 Å². The predicted octanol–water partition coefficient (Wildman–Crippen LogP) is 4.26. The van der Waals surface area contributed by atoms with Gasteiger partial charge in [0.15, 0.2) is 5.15 Å². The molecule has 0 spiro atoms. The van der Waals surface area contributed by atoms with Crippen LogP contribution in [0.3, 0.4) is 0 Å². The zero-order valence-electron chi connectivity index (χ0n) is 9.89. The number of para-hydroxylation sites is 1. The highest BCUT2D eigenvalue weighted by Gasteiger charge is 2.09. The molecule has 0 aliphatic rings. The second-order valence-electron chi connectivity index (χ2n) is 4.17. The van der Waals surface area contributed by atoms with Gasteiger partial charge in [0.1, 0.15) is 5.69 Å². The molecule has 88 valence electrons.